The van der Waals surface area contributed by atoms with E-state index in [1.165, 1.54) is 0 Å². The number of amides is 1. The number of thioether (sulfide) groups is 1. The first kappa shape index (κ1) is 13.4. The summed E-state index contributed by atoms with van der Waals surface area (Å²) < 4.78 is 0.471. The molecule has 1 atom stereocenters. The topological polar surface area (TPSA) is 52.9 Å². The summed E-state index contributed by atoms with van der Waals surface area (Å²) in [6.45, 7) is 1.96. The minimum absolute atomic E-state index is 0.0103. The monoisotopic (exact) mass is 324 g/mol. The fourth-order valence-corrected chi connectivity index (χ4v) is 3.50. The highest BCUT2D eigenvalue weighted by molar-refractivity contribution is 9.10. The van der Waals surface area contributed by atoms with Crippen molar-refractivity contribution in [3.8, 4) is 6.07 Å². The number of benzene rings is 1. The van der Waals surface area contributed by atoms with E-state index in [4.69, 9.17) is 5.26 Å². The van der Waals surface area contributed by atoms with Gasteiger partial charge in [0.1, 0.15) is 6.07 Å². The summed E-state index contributed by atoms with van der Waals surface area (Å²) in [6, 6.07) is 7.37. The fraction of sp³-hybridized carbons (Fsp3) is 0.385. The number of anilines is 1. The number of carbonyl (C=O) groups excluding carboxylic acids is 1. The number of hydrogen-bond donors (Lipinski definition) is 1. The molecule has 0 aliphatic carbocycles. The number of nitrogens with one attached hydrogen (secondary N) is 1. The van der Waals surface area contributed by atoms with Gasteiger partial charge in [0.2, 0.25) is 5.91 Å². The summed E-state index contributed by atoms with van der Waals surface area (Å²) in [5.74, 6) is 1.01. The van der Waals surface area contributed by atoms with Gasteiger partial charge >= 0.3 is 0 Å². The third kappa shape index (κ3) is 2.70. The second-order valence-electron chi connectivity index (χ2n) is 4.44. The molecular weight excluding hydrogens is 312 g/mol. The molecule has 0 aromatic heterocycles. The highest BCUT2D eigenvalue weighted by Gasteiger charge is 2.37. The van der Waals surface area contributed by atoms with E-state index in [0.717, 1.165) is 23.1 Å². The molecule has 0 saturated carbocycles. The Morgan fingerprint density at radius 1 is 1.61 bits per heavy atom. The van der Waals surface area contributed by atoms with Crippen molar-refractivity contribution in [3.05, 3.63) is 28.2 Å². The van der Waals surface area contributed by atoms with E-state index in [9.17, 15) is 4.79 Å². The van der Waals surface area contributed by atoms with E-state index in [0.29, 0.717) is 11.3 Å². The van der Waals surface area contributed by atoms with E-state index in [1.807, 2.05) is 13.0 Å². The molecule has 1 saturated heterocycles. The van der Waals surface area contributed by atoms with E-state index < -0.39 is 0 Å². The second kappa shape index (κ2) is 5.33. The zero-order chi connectivity index (χ0) is 13.2. The molecule has 94 valence electrons. The average molecular weight is 325 g/mol. The lowest BCUT2D eigenvalue weighted by Crippen LogP contribution is -2.34. The van der Waals surface area contributed by atoms with Gasteiger partial charge in [0.05, 0.1) is 16.0 Å². The summed E-state index contributed by atoms with van der Waals surface area (Å²) >= 11 is 5.00. The Balaban J connectivity index is 2.19. The number of carbonyl (C=O) groups is 1. The number of hydrogen-bond acceptors (Lipinski definition) is 3. The lowest BCUT2D eigenvalue weighted by molar-refractivity contribution is -0.118. The van der Waals surface area contributed by atoms with Crippen LogP contribution in [0.25, 0.3) is 0 Å². The lowest BCUT2D eigenvalue weighted by atomic mass is 10.0. The van der Waals surface area contributed by atoms with Gasteiger partial charge in [0.15, 0.2) is 0 Å². The lowest BCUT2D eigenvalue weighted by Gasteiger charge is -2.21. The molecule has 0 radical (unpaired) electrons. The Morgan fingerprint density at radius 3 is 3.00 bits per heavy atom. The SMILES string of the molecule is CC1(C(=O)Nc2ccc(Br)cc2C#N)CCCS1. The van der Waals surface area contributed by atoms with Crippen molar-refractivity contribution in [1.29, 1.82) is 5.26 Å². The largest absolute Gasteiger partial charge is 0.324 e. The Hall–Kier alpha value is -0.990. The van der Waals surface area contributed by atoms with Gasteiger partial charge in [-0.2, -0.15) is 5.26 Å². The third-order valence-electron chi connectivity index (χ3n) is 3.05. The molecular formula is C13H13BrN2OS. The van der Waals surface area contributed by atoms with Crippen LogP contribution in [0.15, 0.2) is 22.7 Å². The van der Waals surface area contributed by atoms with E-state index in [1.54, 1.807) is 23.9 Å². The third-order valence-corrected chi connectivity index (χ3v) is 5.06. The zero-order valence-corrected chi connectivity index (χ0v) is 12.4. The van der Waals surface area contributed by atoms with E-state index in [-0.39, 0.29) is 10.7 Å². The molecule has 1 N–H and O–H groups in total. The Bertz CT molecular complexity index is 518. The molecule has 3 nitrogen and oxygen atoms in total. The second-order valence-corrected chi connectivity index (χ2v) is 6.95. The molecule has 18 heavy (non-hydrogen) atoms. The van der Waals surface area contributed by atoms with Gasteiger partial charge in [-0.25, -0.2) is 0 Å². The quantitative estimate of drug-likeness (QED) is 0.905. The molecule has 0 bridgehead atoms. The smallest absolute Gasteiger partial charge is 0.240 e. The number of nitrogens with zero attached hydrogens (tertiary/aromatic N) is 1. The Morgan fingerprint density at radius 2 is 2.39 bits per heavy atom. The molecule has 1 aromatic carbocycles. The first-order valence-corrected chi connectivity index (χ1v) is 7.48. The van der Waals surface area contributed by atoms with E-state index in [2.05, 4.69) is 27.3 Å². The van der Waals surface area contributed by atoms with Crippen molar-refractivity contribution in [3.63, 3.8) is 0 Å². The number of nitriles is 1. The van der Waals surface area contributed by atoms with Crippen LogP contribution in [-0.2, 0) is 4.79 Å². The van der Waals surface area contributed by atoms with Gasteiger partial charge in [-0.3, -0.25) is 4.79 Å². The van der Waals surface area contributed by atoms with Gasteiger partial charge in [0.25, 0.3) is 0 Å². The van der Waals surface area contributed by atoms with Crippen molar-refractivity contribution >= 4 is 39.3 Å². The van der Waals surface area contributed by atoms with Gasteiger partial charge < -0.3 is 5.32 Å². The first-order valence-electron chi connectivity index (χ1n) is 5.70. The first-order chi connectivity index (χ1) is 8.55. The number of rotatable bonds is 2. The van der Waals surface area contributed by atoms with Gasteiger partial charge in [-0.05, 0) is 43.7 Å². The minimum Gasteiger partial charge on any atom is -0.324 e. The fourth-order valence-electron chi connectivity index (χ4n) is 1.93. The average Bonchev–Trinajstić information content (AvgIpc) is 2.79. The van der Waals surface area contributed by atoms with Gasteiger partial charge in [-0.1, -0.05) is 15.9 Å². The maximum atomic E-state index is 12.2. The highest BCUT2D eigenvalue weighted by atomic mass is 79.9. The van der Waals surface area contributed by atoms with Crippen molar-refractivity contribution in [2.45, 2.75) is 24.5 Å². The van der Waals surface area contributed by atoms with E-state index >= 15 is 0 Å². The zero-order valence-electron chi connectivity index (χ0n) is 10.00. The van der Waals surface area contributed by atoms with Crippen LogP contribution >= 0.6 is 27.7 Å². The van der Waals surface area contributed by atoms with Crippen LogP contribution in [0.1, 0.15) is 25.3 Å². The summed E-state index contributed by atoms with van der Waals surface area (Å²) in [4.78, 5) is 12.2. The molecule has 1 heterocycles. The van der Waals surface area contributed by atoms with Crippen molar-refractivity contribution in [2.24, 2.45) is 0 Å². The predicted molar refractivity (Wildman–Crippen MR) is 77.6 cm³/mol. The maximum Gasteiger partial charge on any atom is 0.240 e. The highest BCUT2D eigenvalue weighted by Crippen LogP contribution is 2.38. The van der Waals surface area contributed by atoms with Crippen molar-refractivity contribution in [2.75, 3.05) is 11.1 Å². The maximum absolute atomic E-state index is 12.2. The molecule has 1 fully saturated rings. The minimum atomic E-state index is -0.361. The summed E-state index contributed by atoms with van der Waals surface area (Å²) in [5.41, 5.74) is 1.06. The molecule has 0 spiro atoms. The molecule has 1 unspecified atom stereocenters. The van der Waals surface area contributed by atoms with Crippen LogP contribution in [0, 0.1) is 11.3 Å². The summed E-state index contributed by atoms with van der Waals surface area (Å²) in [5, 5.41) is 11.9. The van der Waals surface area contributed by atoms with Crippen molar-refractivity contribution < 1.29 is 4.79 Å². The summed E-state index contributed by atoms with van der Waals surface area (Å²) in [7, 11) is 0. The molecule has 1 aliphatic heterocycles. The van der Waals surface area contributed by atoms with Gasteiger partial charge in [-0.15, -0.1) is 11.8 Å². The van der Waals surface area contributed by atoms with Crippen LogP contribution < -0.4 is 5.32 Å². The Kier molecular flexibility index (Phi) is 3.98. The van der Waals surface area contributed by atoms with Crippen LogP contribution in [0.3, 0.4) is 0 Å². The Labute approximate surface area is 119 Å². The molecule has 1 aromatic rings. The van der Waals surface area contributed by atoms with Crippen molar-refractivity contribution in [1.82, 2.24) is 0 Å². The van der Waals surface area contributed by atoms with Crippen LogP contribution in [-0.4, -0.2) is 16.4 Å². The normalized spacial score (nSPS) is 22.5. The molecule has 2 rings (SSSR count). The van der Waals surface area contributed by atoms with Crippen LogP contribution in [0.4, 0.5) is 5.69 Å². The molecule has 1 aliphatic rings. The standard InChI is InChI=1S/C13H13BrN2OS/c1-13(5-2-6-18-13)12(17)16-11-4-3-10(14)7-9(11)8-15/h3-4,7H,2,5-6H2,1H3,(H,16,17). The van der Waals surface area contributed by atoms with Gasteiger partial charge in [0, 0.05) is 4.47 Å². The number of halogens is 1. The summed E-state index contributed by atoms with van der Waals surface area (Å²) in [6.07, 6.45) is 1.96. The molecule has 5 heteroatoms. The van der Waals surface area contributed by atoms with Crippen LogP contribution in [0.2, 0.25) is 0 Å². The van der Waals surface area contributed by atoms with Crippen LogP contribution in [0.5, 0.6) is 0 Å². The predicted octanol–water partition coefficient (Wildman–Crippen LogP) is 3.54. The molecule has 1 amide bonds.